The highest BCUT2D eigenvalue weighted by Gasteiger charge is 2.18. The predicted octanol–water partition coefficient (Wildman–Crippen LogP) is 4.01. The third kappa shape index (κ3) is 3.56. The van der Waals surface area contributed by atoms with Crippen molar-refractivity contribution in [2.24, 2.45) is 0 Å². The largest absolute Gasteiger partial charge is 0.293 e. The average Bonchev–Trinajstić information content (AvgIpc) is 2.47. The Balaban J connectivity index is 2.11. The number of carbonyl (C=O) groups is 1. The van der Waals surface area contributed by atoms with Gasteiger partial charge in [-0.05, 0) is 32.5 Å². The van der Waals surface area contributed by atoms with E-state index < -0.39 is 0 Å². The van der Waals surface area contributed by atoms with Gasteiger partial charge in [0, 0.05) is 17.2 Å². The summed E-state index contributed by atoms with van der Waals surface area (Å²) in [6, 6.07) is 14.1. The fourth-order valence-corrected chi connectivity index (χ4v) is 2.39. The molecule has 0 aromatic heterocycles. The molecule has 3 heteroatoms. The van der Waals surface area contributed by atoms with Gasteiger partial charge in [0.1, 0.15) is 5.82 Å². The Labute approximate surface area is 125 Å². The minimum absolute atomic E-state index is 0.0544. The summed E-state index contributed by atoms with van der Waals surface area (Å²) in [7, 11) is 1.84. The lowest BCUT2D eigenvalue weighted by molar-refractivity contribution is 0.0923. The van der Waals surface area contributed by atoms with Crippen LogP contribution in [0.15, 0.2) is 48.5 Å². The van der Waals surface area contributed by atoms with Gasteiger partial charge in [-0.25, -0.2) is 4.39 Å². The van der Waals surface area contributed by atoms with Gasteiger partial charge in [-0.15, -0.1) is 0 Å². The summed E-state index contributed by atoms with van der Waals surface area (Å²) in [6.45, 7) is 4.09. The summed E-state index contributed by atoms with van der Waals surface area (Å²) >= 11 is 0. The molecule has 1 unspecified atom stereocenters. The SMILES string of the molecule is Cc1ccccc1C(=O)CN(C)C(C)c1ccccc1F. The number of Topliss-reactive ketones (excluding diaryl/α,β-unsaturated/α-hetero) is 1. The van der Waals surface area contributed by atoms with E-state index in [2.05, 4.69) is 0 Å². The van der Waals surface area contributed by atoms with E-state index in [-0.39, 0.29) is 24.2 Å². The fraction of sp³-hybridized carbons (Fsp3) is 0.278. The molecule has 21 heavy (non-hydrogen) atoms. The van der Waals surface area contributed by atoms with E-state index >= 15 is 0 Å². The van der Waals surface area contributed by atoms with Crippen LogP contribution in [0.5, 0.6) is 0 Å². The first-order valence-electron chi connectivity index (χ1n) is 7.04. The van der Waals surface area contributed by atoms with Crippen molar-refractivity contribution in [3.8, 4) is 0 Å². The maximum atomic E-state index is 13.8. The molecule has 0 fully saturated rings. The van der Waals surface area contributed by atoms with E-state index in [1.165, 1.54) is 6.07 Å². The van der Waals surface area contributed by atoms with Crippen LogP contribution in [0.1, 0.15) is 34.5 Å². The van der Waals surface area contributed by atoms with E-state index in [4.69, 9.17) is 0 Å². The van der Waals surface area contributed by atoms with Crippen molar-refractivity contribution >= 4 is 5.78 Å². The molecule has 2 aromatic carbocycles. The zero-order chi connectivity index (χ0) is 15.4. The number of hydrogen-bond donors (Lipinski definition) is 0. The fourth-order valence-electron chi connectivity index (χ4n) is 2.39. The summed E-state index contributed by atoms with van der Waals surface area (Å²) in [5, 5.41) is 0. The Hall–Kier alpha value is -2.00. The quantitative estimate of drug-likeness (QED) is 0.774. The maximum absolute atomic E-state index is 13.8. The lowest BCUT2D eigenvalue weighted by Crippen LogP contribution is -2.29. The Kier molecular flexibility index (Phi) is 4.86. The van der Waals surface area contributed by atoms with Crippen LogP contribution in [0.3, 0.4) is 0 Å². The normalized spacial score (nSPS) is 12.4. The molecule has 110 valence electrons. The van der Waals surface area contributed by atoms with Crippen molar-refractivity contribution in [3.05, 3.63) is 71.0 Å². The number of halogens is 1. The monoisotopic (exact) mass is 285 g/mol. The van der Waals surface area contributed by atoms with Crippen molar-refractivity contribution < 1.29 is 9.18 Å². The first-order valence-corrected chi connectivity index (χ1v) is 7.04. The topological polar surface area (TPSA) is 20.3 Å². The summed E-state index contributed by atoms with van der Waals surface area (Å²) in [4.78, 5) is 14.2. The second-order valence-electron chi connectivity index (χ2n) is 5.35. The molecular formula is C18H20FNO. The zero-order valence-electron chi connectivity index (χ0n) is 12.6. The lowest BCUT2D eigenvalue weighted by atomic mass is 10.0. The maximum Gasteiger partial charge on any atom is 0.177 e. The van der Waals surface area contributed by atoms with Crippen LogP contribution in [0, 0.1) is 12.7 Å². The third-order valence-corrected chi connectivity index (χ3v) is 3.85. The van der Waals surface area contributed by atoms with Gasteiger partial charge in [-0.2, -0.15) is 0 Å². The molecule has 2 aromatic rings. The second kappa shape index (κ2) is 6.64. The molecule has 0 aliphatic heterocycles. The van der Waals surface area contributed by atoms with Crippen molar-refractivity contribution in [2.45, 2.75) is 19.9 Å². The number of rotatable bonds is 5. The molecule has 0 aliphatic carbocycles. The summed E-state index contributed by atoms with van der Waals surface area (Å²) in [5.74, 6) is -0.182. The van der Waals surface area contributed by atoms with Gasteiger partial charge < -0.3 is 0 Å². The van der Waals surface area contributed by atoms with Gasteiger partial charge in [0.15, 0.2) is 5.78 Å². The number of carbonyl (C=O) groups excluding carboxylic acids is 1. The van der Waals surface area contributed by atoms with E-state index in [9.17, 15) is 9.18 Å². The molecule has 0 spiro atoms. The van der Waals surface area contributed by atoms with Crippen LogP contribution >= 0.6 is 0 Å². The number of nitrogens with zero attached hydrogens (tertiary/aromatic N) is 1. The van der Waals surface area contributed by atoms with E-state index in [0.29, 0.717) is 5.56 Å². The van der Waals surface area contributed by atoms with Crippen LogP contribution in [-0.4, -0.2) is 24.3 Å². The van der Waals surface area contributed by atoms with Crippen LogP contribution in [0.4, 0.5) is 4.39 Å². The minimum Gasteiger partial charge on any atom is -0.293 e. The Bertz CT molecular complexity index is 639. The van der Waals surface area contributed by atoms with Crippen molar-refractivity contribution in [3.63, 3.8) is 0 Å². The smallest absolute Gasteiger partial charge is 0.177 e. The Morgan fingerprint density at radius 3 is 2.43 bits per heavy atom. The number of aryl methyl sites for hydroxylation is 1. The molecule has 0 bridgehead atoms. The highest BCUT2D eigenvalue weighted by Crippen LogP contribution is 2.22. The molecule has 1 atom stereocenters. The number of hydrogen-bond acceptors (Lipinski definition) is 2. The first-order chi connectivity index (χ1) is 10.0. The zero-order valence-corrected chi connectivity index (χ0v) is 12.6. The molecule has 0 saturated carbocycles. The summed E-state index contributed by atoms with van der Waals surface area (Å²) < 4.78 is 13.8. The van der Waals surface area contributed by atoms with Crippen molar-refractivity contribution in [1.29, 1.82) is 0 Å². The summed E-state index contributed by atoms with van der Waals surface area (Å²) in [6.07, 6.45) is 0. The average molecular weight is 285 g/mol. The molecule has 0 aliphatic rings. The Morgan fingerprint density at radius 1 is 1.14 bits per heavy atom. The van der Waals surface area contributed by atoms with Crippen LogP contribution in [-0.2, 0) is 0 Å². The molecular weight excluding hydrogens is 265 g/mol. The van der Waals surface area contributed by atoms with Crippen molar-refractivity contribution in [1.82, 2.24) is 4.90 Å². The van der Waals surface area contributed by atoms with E-state index in [1.54, 1.807) is 12.1 Å². The molecule has 0 N–H and O–H groups in total. The first kappa shape index (κ1) is 15.4. The van der Waals surface area contributed by atoms with Crippen LogP contribution in [0.2, 0.25) is 0 Å². The highest BCUT2D eigenvalue weighted by atomic mass is 19.1. The highest BCUT2D eigenvalue weighted by molar-refractivity contribution is 5.98. The second-order valence-corrected chi connectivity index (χ2v) is 5.35. The molecule has 0 saturated heterocycles. The molecule has 2 nitrogen and oxygen atoms in total. The van der Waals surface area contributed by atoms with Gasteiger partial charge in [0.25, 0.3) is 0 Å². The van der Waals surface area contributed by atoms with E-state index in [1.807, 2.05) is 56.1 Å². The lowest BCUT2D eigenvalue weighted by Gasteiger charge is -2.25. The minimum atomic E-state index is -0.236. The van der Waals surface area contributed by atoms with Crippen LogP contribution in [0.25, 0.3) is 0 Å². The van der Waals surface area contributed by atoms with Gasteiger partial charge in [0.05, 0.1) is 6.54 Å². The molecule has 0 heterocycles. The standard InChI is InChI=1S/C18H20FNO/c1-13-8-4-5-9-15(13)18(21)12-20(3)14(2)16-10-6-7-11-17(16)19/h4-11,14H,12H2,1-3H3. The number of likely N-dealkylation sites (N-methyl/N-ethyl adjacent to an activating group) is 1. The number of benzene rings is 2. The molecule has 0 radical (unpaired) electrons. The van der Waals surface area contributed by atoms with Crippen LogP contribution < -0.4 is 0 Å². The van der Waals surface area contributed by atoms with E-state index in [0.717, 1.165) is 11.1 Å². The van der Waals surface area contributed by atoms with Gasteiger partial charge >= 0.3 is 0 Å². The summed E-state index contributed by atoms with van der Waals surface area (Å²) in [5.41, 5.74) is 2.30. The molecule has 2 rings (SSSR count). The molecule has 0 amide bonds. The number of ketones is 1. The Morgan fingerprint density at radius 2 is 1.76 bits per heavy atom. The van der Waals surface area contributed by atoms with Gasteiger partial charge in [-0.3, -0.25) is 9.69 Å². The predicted molar refractivity (Wildman–Crippen MR) is 83.0 cm³/mol. The van der Waals surface area contributed by atoms with Gasteiger partial charge in [-0.1, -0.05) is 42.5 Å². The van der Waals surface area contributed by atoms with Gasteiger partial charge in [0.2, 0.25) is 0 Å². The third-order valence-electron chi connectivity index (χ3n) is 3.85. The van der Waals surface area contributed by atoms with Crippen molar-refractivity contribution in [2.75, 3.05) is 13.6 Å².